The average Bonchev–Trinajstić information content (AvgIpc) is 3.06. The van der Waals surface area contributed by atoms with E-state index >= 15 is 0 Å². The van der Waals surface area contributed by atoms with Crippen LogP contribution in [-0.2, 0) is 6.54 Å². The Morgan fingerprint density at radius 3 is 2.90 bits per heavy atom. The summed E-state index contributed by atoms with van der Waals surface area (Å²) in [6, 6.07) is 5.11. The van der Waals surface area contributed by atoms with Crippen LogP contribution in [0.15, 0.2) is 24.5 Å². The summed E-state index contributed by atoms with van der Waals surface area (Å²) in [6.07, 6.45) is 6.29. The molecular weight excluding hydrogens is 262 g/mol. The Morgan fingerprint density at radius 2 is 2.24 bits per heavy atom. The lowest BCUT2D eigenvalue weighted by atomic mass is 10.1. The van der Waals surface area contributed by atoms with Crippen LogP contribution >= 0.6 is 0 Å². The van der Waals surface area contributed by atoms with Gasteiger partial charge in [-0.2, -0.15) is 5.10 Å². The van der Waals surface area contributed by atoms with E-state index in [-0.39, 0.29) is 0 Å². The smallest absolute Gasteiger partial charge is 0.147 e. The van der Waals surface area contributed by atoms with Crippen molar-refractivity contribution < 1.29 is 0 Å². The summed E-state index contributed by atoms with van der Waals surface area (Å²) in [5.41, 5.74) is 1.29. The van der Waals surface area contributed by atoms with Gasteiger partial charge in [-0.1, -0.05) is 6.07 Å². The standard InChI is InChI=1S/C16H23N5/c1-12(15-6-4-8-17-10-15)20-9-5-7-16(20)11-21-14(3)18-13(2)19-21/h4,6,8,10,12,16H,5,7,9,11H2,1-3H3/t12-,16+/m1/s1. The fourth-order valence-corrected chi connectivity index (χ4v) is 3.31. The Morgan fingerprint density at radius 1 is 1.38 bits per heavy atom. The van der Waals surface area contributed by atoms with Crippen LogP contribution in [0.5, 0.6) is 0 Å². The van der Waals surface area contributed by atoms with Gasteiger partial charge in [-0.05, 0) is 51.8 Å². The average molecular weight is 285 g/mol. The van der Waals surface area contributed by atoms with Gasteiger partial charge >= 0.3 is 0 Å². The van der Waals surface area contributed by atoms with Crippen LogP contribution in [-0.4, -0.2) is 37.2 Å². The number of likely N-dealkylation sites (tertiary alicyclic amines) is 1. The highest BCUT2D eigenvalue weighted by Crippen LogP contribution is 2.29. The predicted molar refractivity (Wildman–Crippen MR) is 81.9 cm³/mol. The molecule has 3 heterocycles. The summed E-state index contributed by atoms with van der Waals surface area (Å²) in [7, 11) is 0. The number of aryl methyl sites for hydroxylation is 2. The SMILES string of the molecule is Cc1nc(C)n(C[C@@H]2CCCN2[C@H](C)c2cccnc2)n1. The van der Waals surface area contributed by atoms with E-state index in [9.17, 15) is 0 Å². The number of rotatable bonds is 4. The molecule has 0 saturated carbocycles. The molecule has 3 rings (SSSR count). The molecule has 0 aromatic carbocycles. The molecule has 0 spiro atoms. The van der Waals surface area contributed by atoms with Crippen molar-refractivity contribution in [3.05, 3.63) is 41.7 Å². The number of nitrogens with zero attached hydrogens (tertiary/aromatic N) is 5. The highest BCUT2D eigenvalue weighted by atomic mass is 15.4. The van der Waals surface area contributed by atoms with Gasteiger partial charge in [-0.25, -0.2) is 9.67 Å². The Balaban J connectivity index is 1.75. The molecule has 0 radical (unpaired) electrons. The first kappa shape index (κ1) is 14.2. The van der Waals surface area contributed by atoms with Gasteiger partial charge in [-0.15, -0.1) is 0 Å². The summed E-state index contributed by atoms with van der Waals surface area (Å²) in [4.78, 5) is 11.2. The lowest BCUT2D eigenvalue weighted by Gasteiger charge is -2.30. The van der Waals surface area contributed by atoms with Crippen molar-refractivity contribution in [3.8, 4) is 0 Å². The number of hydrogen-bond acceptors (Lipinski definition) is 4. The second kappa shape index (κ2) is 5.93. The zero-order chi connectivity index (χ0) is 14.8. The summed E-state index contributed by atoms with van der Waals surface area (Å²) in [5, 5.41) is 4.51. The fraction of sp³-hybridized carbons (Fsp3) is 0.562. The van der Waals surface area contributed by atoms with E-state index in [1.54, 1.807) is 0 Å². The van der Waals surface area contributed by atoms with E-state index in [1.807, 2.05) is 37.0 Å². The Bertz CT molecular complexity index is 592. The number of hydrogen-bond donors (Lipinski definition) is 0. The molecule has 2 aromatic rings. The topological polar surface area (TPSA) is 46.8 Å². The van der Waals surface area contributed by atoms with E-state index in [4.69, 9.17) is 0 Å². The minimum absolute atomic E-state index is 0.399. The van der Waals surface area contributed by atoms with Crippen LogP contribution in [0.3, 0.4) is 0 Å². The summed E-state index contributed by atoms with van der Waals surface area (Å²) in [5.74, 6) is 1.87. The van der Waals surface area contributed by atoms with Gasteiger partial charge in [0, 0.05) is 24.5 Å². The van der Waals surface area contributed by atoms with Crippen LogP contribution in [0.25, 0.3) is 0 Å². The summed E-state index contributed by atoms with van der Waals surface area (Å²) in [6.45, 7) is 8.33. The quantitative estimate of drug-likeness (QED) is 0.866. The first-order valence-electron chi connectivity index (χ1n) is 7.69. The van der Waals surface area contributed by atoms with E-state index in [0.717, 1.165) is 24.7 Å². The van der Waals surface area contributed by atoms with E-state index < -0.39 is 0 Å². The molecular formula is C16H23N5. The minimum Gasteiger partial charge on any atom is -0.292 e. The maximum absolute atomic E-state index is 4.51. The normalized spacial score (nSPS) is 20.8. The van der Waals surface area contributed by atoms with Crippen molar-refractivity contribution in [2.45, 2.75) is 52.2 Å². The zero-order valence-corrected chi connectivity index (χ0v) is 13.0. The van der Waals surface area contributed by atoms with Crippen LogP contribution in [0.2, 0.25) is 0 Å². The Labute approximate surface area is 126 Å². The van der Waals surface area contributed by atoms with Crippen molar-refractivity contribution in [2.75, 3.05) is 6.54 Å². The van der Waals surface area contributed by atoms with Gasteiger partial charge in [0.25, 0.3) is 0 Å². The van der Waals surface area contributed by atoms with Gasteiger partial charge in [0.05, 0.1) is 6.54 Å². The first-order chi connectivity index (χ1) is 10.1. The molecule has 1 saturated heterocycles. The van der Waals surface area contributed by atoms with Gasteiger partial charge in [0.2, 0.25) is 0 Å². The number of pyridine rings is 1. The lowest BCUT2D eigenvalue weighted by molar-refractivity contribution is 0.172. The first-order valence-corrected chi connectivity index (χ1v) is 7.69. The third-order valence-corrected chi connectivity index (χ3v) is 4.43. The lowest BCUT2D eigenvalue weighted by Crippen LogP contribution is -2.35. The van der Waals surface area contributed by atoms with Crippen molar-refractivity contribution in [1.29, 1.82) is 0 Å². The monoisotopic (exact) mass is 285 g/mol. The third-order valence-electron chi connectivity index (χ3n) is 4.43. The van der Waals surface area contributed by atoms with Crippen LogP contribution < -0.4 is 0 Å². The fourth-order valence-electron chi connectivity index (χ4n) is 3.31. The predicted octanol–water partition coefficient (Wildman–Crippen LogP) is 2.52. The maximum atomic E-state index is 4.51. The highest BCUT2D eigenvalue weighted by Gasteiger charge is 2.30. The molecule has 21 heavy (non-hydrogen) atoms. The third kappa shape index (κ3) is 2.97. The summed E-state index contributed by atoms with van der Waals surface area (Å²) < 4.78 is 2.05. The molecule has 2 aromatic heterocycles. The molecule has 5 heteroatoms. The van der Waals surface area contributed by atoms with Gasteiger partial charge < -0.3 is 0 Å². The Hall–Kier alpha value is -1.75. The Kier molecular flexibility index (Phi) is 4.01. The van der Waals surface area contributed by atoms with Crippen molar-refractivity contribution in [1.82, 2.24) is 24.6 Å². The molecule has 1 aliphatic heterocycles. The van der Waals surface area contributed by atoms with E-state index in [2.05, 4.69) is 33.0 Å². The second-order valence-corrected chi connectivity index (χ2v) is 5.88. The molecule has 0 amide bonds. The molecule has 0 N–H and O–H groups in total. The second-order valence-electron chi connectivity index (χ2n) is 5.88. The van der Waals surface area contributed by atoms with Crippen LogP contribution in [0.4, 0.5) is 0 Å². The number of aromatic nitrogens is 4. The summed E-state index contributed by atoms with van der Waals surface area (Å²) >= 11 is 0. The largest absolute Gasteiger partial charge is 0.292 e. The minimum atomic E-state index is 0.399. The molecule has 5 nitrogen and oxygen atoms in total. The van der Waals surface area contributed by atoms with Crippen LogP contribution in [0.1, 0.15) is 43.0 Å². The van der Waals surface area contributed by atoms with Crippen LogP contribution in [0, 0.1) is 13.8 Å². The van der Waals surface area contributed by atoms with E-state index in [1.165, 1.54) is 18.4 Å². The molecule has 0 bridgehead atoms. The molecule has 1 fully saturated rings. The highest BCUT2D eigenvalue weighted by molar-refractivity contribution is 5.14. The van der Waals surface area contributed by atoms with Gasteiger partial charge in [0.15, 0.2) is 0 Å². The molecule has 1 aliphatic rings. The van der Waals surface area contributed by atoms with Crippen molar-refractivity contribution >= 4 is 0 Å². The van der Waals surface area contributed by atoms with Crippen molar-refractivity contribution in [3.63, 3.8) is 0 Å². The van der Waals surface area contributed by atoms with E-state index in [0.29, 0.717) is 12.1 Å². The van der Waals surface area contributed by atoms with Gasteiger partial charge in [0.1, 0.15) is 11.6 Å². The molecule has 112 valence electrons. The maximum Gasteiger partial charge on any atom is 0.147 e. The molecule has 0 unspecified atom stereocenters. The van der Waals surface area contributed by atoms with Gasteiger partial charge in [-0.3, -0.25) is 9.88 Å². The zero-order valence-electron chi connectivity index (χ0n) is 13.0. The molecule has 0 aliphatic carbocycles. The van der Waals surface area contributed by atoms with Crippen molar-refractivity contribution in [2.24, 2.45) is 0 Å². The molecule has 2 atom stereocenters.